The van der Waals surface area contributed by atoms with Gasteiger partial charge in [0.15, 0.2) is 0 Å². The van der Waals surface area contributed by atoms with Crippen LogP contribution >= 0.6 is 11.8 Å². The van der Waals surface area contributed by atoms with Crippen LogP contribution in [0.1, 0.15) is 25.7 Å². The Morgan fingerprint density at radius 1 is 1.14 bits per heavy atom. The van der Waals surface area contributed by atoms with Crippen LogP contribution in [-0.4, -0.2) is 34.3 Å². The van der Waals surface area contributed by atoms with Gasteiger partial charge in [-0.2, -0.15) is 0 Å². The van der Waals surface area contributed by atoms with E-state index < -0.39 is 0 Å². The quantitative estimate of drug-likeness (QED) is 0.925. The molecule has 0 amide bonds. The maximum atomic E-state index is 11.3. The number of fused-ring (bicyclic) bond motifs is 3. The molecule has 1 aromatic heterocycles. The summed E-state index contributed by atoms with van der Waals surface area (Å²) in [4.78, 5) is 18.1. The first-order valence-electron chi connectivity index (χ1n) is 7.71. The Kier molecular flexibility index (Phi) is 3.31. The summed E-state index contributed by atoms with van der Waals surface area (Å²) in [5.41, 5.74) is 0.894. The molecule has 0 saturated carbocycles. The van der Waals surface area contributed by atoms with E-state index in [0.717, 1.165) is 28.2 Å². The smallest absolute Gasteiger partial charge is 0.248 e. The average Bonchev–Trinajstić information content (AvgIpc) is 2.70. The summed E-state index contributed by atoms with van der Waals surface area (Å²) in [6, 6.07) is 11.5. The number of aromatic nitrogens is 1. The number of hydrogen-bond acceptors (Lipinski definition) is 3. The van der Waals surface area contributed by atoms with Crippen molar-refractivity contribution in [1.82, 2.24) is 9.88 Å². The number of hydrogen-bond donors (Lipinski definition) is 1. The topological polar surface area (TPSA) is 36.1 Å². The van der Waals surface area contributed by atoms with E-state index in [4.69, 9.17) is 0 Å². The van der Waals surface area contributed by atoms with Crippen molar-refractivity contribution in [3.05, 3.63) is 40.7 Å². The minimum absolute atomic E-state index is 0.0326. The van der Waals surface area contributed by atoms with Crippen molar-refractivity contribution in [2.75, 3.05) is 7.05 Å². The predicted octanol–water partition coefficient (Wildman–Crippen LogP) is 3.25. The summed E-state index contributed by atoms with van der Waals surface area (Å²) in [6.45, 7) is 0. The molecule has 2 aliphatic heterocycles. The first-order chi connectivity index (χ1) is 10.2. The molecular weight excluding hydrogens is 280 g/mol. The van der Waals surface area contributed by atoms with Crippen molar-refractivity contribution in [3.8, 4) is 0 Å². The lowest BCUT2D eigenvalue weighted by Crippen LogP contribution is -2.40. The van der Waals surface area contributed by atoms with E-state index in [1.54, 1.807) is 6.07 Å². The fraction of sp³-hybridized carbons (Fsp3) is 0.471. The van der Waals surface area contributed by atoms with E-state index in [9.17, 15) is 4.79 Å². The molecule has 4 heteroatoms. The fourth-order valence-electron chi connectivity index (χ4n) is 3.86. The average molecular weight is 300 g/mol. The van der Waals surface area contributed by atoms with E-state index >= 15 is 0 Å². The normalized spacial score (nSPS) is 29.1. The number of nitrogens with zero attached hydrogens (tertiary/aromatic N) is 1. The fourth-order valence-corrected chi connectivity index (χ4v) is 5.22. The van der Waals surface area contributed by atoms with Gasteiger partial charge in [-0.1, -0.05) is 0 Å². The van der Waals surface area contributed by atoms with E-state index in [0.29, 0.717) is 0 Å². The Balaban J connectivity index is 1.55. The summed E-state index contributed by atoms with van der Waals surface area (Å²) in [6.07, 6.45) is 5.36. The second-order valence-electron chi connectivity index (χ2n) is 6.33. The van der Waals surface area contributed by atoms with Gasteiger partial charge in [-0.25, -0.2) is 0 Å². The van der Waals surface area contributed by atoms with Crippen LogP contribution < -0.4 is 5.56 Å². The highest BCUT2D eigenvalue weighted by Crippen LogP contribution is 2.41. The Bertz CT molecular complexity index is 712. The van der Waals surface area contributed by atoms with Crippen LogP contribution in [0.5, 0.6) is 0 Å². The van der Waals surface area contributed by atoms with Gasteiger partial charge in [0.25, 0.3) is 0 Å². The number of nitrogens with one attached hydrogen (secondary N) is 1. The SMILES string of the molecule is CN1C2CCC1CC(Sc1ccc3[nH]c(=O)ccc3c1)C2. The molecule has 110 valence electrons. The minimum Gasteiger partial charge on any atom is -0.322 e. The summed E-state index contributed by atoms with van der Waals surface area (Å²) in [5.74, 6) is 0. The van der Waals surface area contributed by atoms with Crippen LogP contribution in [0.15, 0.2) is 40.0 Å². The van der Waals surface area contributed by atoms with Crippen LogP contribution in [0.25, 0.3) is 10.9 Å². The number of H-pyrrole nitrogens is 1. The van der Waals surface area contributed by atoms with E-state index in [1.807, 2.05) is 23.9 Å². The third-order valence-electron chi connectivity index (χ3n) is 5.05. The highest BCUT2D eigenvalue weighted by atomic mass is 32.2. The molecule has 3 heterocycles. The molecule has 2 unspecified atom stereocenters. The first-order valence-corrected chi connectivity index (χ1v) is 8.59. The van der Waals surface area contributed by atoms with Crippen molar-refractivity contribution in [2.24, 2.45) is 0 Å². The molecule has 2 fully saturated rings. The molecule has 21 heavy (non-hydrogen) atoms. The summed E-state index contributed by atoms with van der Waals surface area (Å²) < 4.78 is 0. The molecule has 2 bridgehead atoms. The van der Waals surface area contributed by atoms with Gasteiger partial charge in [-0.3, -0.25) is 4.79 Å². The van der Waals surface area contributed by atoms with Gasteiger partial charge in [-0.05, 0) is 62.4 Å². The largest absolute Gasteiger partial charge is 0.322 e. The van der Waals surface area contributed by atoms with Crippen molar-refractivity contribution < 1.29 is 0 Å². The highest BCUT2D eigenvalue weighted by Gasteiger charge is 2.38. The standard InChI is InChI=1S/C17H20N2OS/c1-19-12-3-4-13(19)10-15(9-12)21-14-5-6-16-11(8-14)2-7-17(20)18-16/h2,5-8,12-13,15H,3-4,9-10H2,1H3,(H,18,20). The van der Waals surface area contributed by atoms with Gasteiger partial charge in [-0.15, -0.1) is 11.8 Å². The van der Waals surface area contributed by atoms with Gasteiger partial charge in [0.1, 0.15) is 0 Å². The molecule has 3 nitrogen and oxygen atoms in total. The lowest BCUT2D eigenvalue weighted by Gasteiger charge is -2.36. The Labute approximate surface area is 128 Å². The minimum atomic E-state index is -0.0326. The zero-order valence-corrected chi connectivity index (χ0v) is 13.0. The Morgan fingerprint density at radius 2 is 1.90 bits per heavy atom. The lowest BCUT2D eigenvalue weighted by molar-refractivity contribution is 0.183. The van der Waals surface area contributed by atoms with Crippen LogP contribution in [0.3, 0.4) is 0 Å². The number of aromatic amines is 1. The van der Waals surface area contributed by atoms with Crippen molar-refractivity contribution in [2.45, 2.75) is 47.9 Å². The summed E-state index contributed by atoms with van der Waals surface area (Å²) in [5, 5.41) is 1.86. The molecule has 1 aromatic carbocycles. The van der Waals surface area contributed by atoms with Crippen LogP contribution in [0, 0.1) is 0 Å². The predicted molar refractivity (Wildman–Crippen MR) is 88.0 cm³/mol. The van der Waals surface area contributed by atoms with Gasteiger partial charge in [0.2, 0.25) is 5.56 Å². The van der Waals surface area contributed by atoms with Crippen LogP contribution in [0.4, 0.5) is 0 Å². The van der Waals surface area contributed by atoms with Gasteiger partial charge in [0, 0.05) is 33.8 Å². The van der Waals surface area contributed by atoms with Crippen LogP contribution in [-0.2, 0) is 0 Å². The number of thioether (sulfide) groups is 1. The molecule has 0 radical (unpaired) electrons. The van der Waals surface area contributed by atoms with E-state index in [2.05, 4.69) is 29.1 Å². The summed E-state index contributed by atoms with van der Waals surface area (Å²) >= 11 is 2.01. The molecule has 4 rings (SSSR count). The molecule has 1 N–H and O–H groups in total. The zero-order valence-electron chi connectivity index (χ0n) is 12.2. The number of rotatable bonds is 2. The molecular formula is C17H20N2OS. The maximum absolute atomic E-state index is 11.3. The molecule has 2 saturated heterocycles. The Hall–Kier alpha value is -1.26. The van der Waals surface area contributed by atoms with Crippen molar-refractivity contribution in [3.63, 3.8) is 0 Å². The highest BCUT2D eigenvalue weighted by molar-refractivity contribution is 8.00. The van der Waals surface area contributed by atoms with Crippen molar-refractivity contribution >= 4 is 22.7 Å². The molecule has 0 spiro atoms. The van der Waals surface area contributed by atoms with Crippen LogP contribution in [0.2, 0.25) is 0 Å². The lowest BCUT2D eigenvalue weighted by atomic mass is 10.0. The molecule has 2 aliphatic rings. The second-order valence-corrected chi connectivity index (χ2v) is 7.71. The van der Waals surface area contributed by atoms with Crippen molar-refractivity contribution in [1.29, 1.82) is 0 Å². The van der Waals surface area contributed by atoms with Gasteiger partial charge < -0.3 is 9.88 Å². The molecule has 2 atom stereocenters. The number of piperidine rings is 1. The molecule has 2 aromatic rings. The number of benzene rings is 1. The third kappa shape index (κ3) is 2.51. The Morgan fingerprint density at radius 3 is 2.67 bits per heavy atom. The maximum Gasteiger partial charge on any atom is 0.248 e. The van der Waals surface area contributed by atoms with Gasteiger partial charge in [0.05, 0.1) is 0 Å². The second kappa shape index (κ2) is 5.18. The summed E-state index contributed by atoms with van der Waals surface area (Å²) in [7, 11) is 2.29. The van der Waals surface area contributed by atoms with Gasteiger partial charge >= 0.3 is 0 Å². The monoisotopic (exact) mass is 300 g/mol. The van der Waals surface area contributed by atoms with E-state index in [-0.39, 0.29) is 5.56 Å². The third-order valence-corrected chi connectivity index (χ3v) is 6.30. The van der Waals surface area contributed by atoms with E-state index in [1.165, 1.54) is 30.6 Å². The first kappa shape index (κ1) is 13.4. The molecule has 0 aliphatic carbocycles. The number of pyridine rings is 1. The zero-order chi connectivity index (χ0) is 14.4.